The zero-order valence-electron chi connectivity index (χ0n) is 13.1. The summed E-state index contributed by atoms with van der Waals surface area (Å²) in [4.78, 5) is 14.8. The number of aromatic nitrogens is 4. The second-order valence-corrected chi connectivity index (χ2v) is 7.07. The number of hydrogen-bond acceptors (Lipinski definition) is 6. The van der Waals surface area contributed by atoms with Gasteiger partial charge >= 0.3 is 0 Å². The smallest absolute Gasteiger partial charge is 0.234 e. The van der Waals surface area contributed by atoms with Crippen LogP contribution in [0, 0.1) is 0 Å². The summed E-state index contributed by atoms with van der Waals surface area (Å²) in [7, 11) is 4.07. The van der Waals surface area contributed by atoms with E-state index in [0.29, 0.717) is 18.8 Å². The third kappa shape index (κ3) is 3.80. The van der Waals surface area contributed by atoms with Crippen LogP contribution in [0.3, 0.4) is 0 Å². The van der Waals surface area contributed by atoms with Crippen LogP contribution in [0.1, 0.15) is 42.4 Å². The van der Waals surface area contributed by atoms with Crippen LogP contribution in [-0.2, 0) is 11.2 Å². The Labute approximate surface area is 133 Å². The summed E-state index contributed by atoms with van der Waals surface area (Å²) in [6, 6.07) is 0. The van der Waals surface area contributed by atoms with Gasteiger partial charge in [-0.25, -0.2) is 0 Å². The molecule has 1 fully saturated rings. The van der Waals surface area contributed by atoms with Gasteiger partial charge in [0.15, 0.2) is 5.82 Å². The third-order valence-corrected chi connectivity index (χ3v) is 4.63. The number of fused-ring (bicyclic) bond motifs is 1. The highest BCUT2D eigenvalue weighted by Gasteiger charge is 2.30. The van der Waals surface area contributed by atoms with E-state index in [2.05, 4.69) is 25.5 Å². The molecule has 0 spiro atoms. The molecule has 3 rings (SSSR count). The molecule has 1 aliphatic rings. The van der Waals surface area contributed by atoms with Crippen molar-refractivity contribution < 1.29 is 4.79 Å². The molecule has 0 aliphatic heterocycles. The number of aryl methyl sites for hydroxylation is 1. The first-order valence-corrected chi connectivity index (χ1v) is 8.57. The van der Waals surface area contributed by atoms with E-state index in [-0.39, 0.29) is 5.91 Å². The molecule has 120 valence electrons. The molecule has 2 aromatic rings. The van der Waals surface area contributed by atoms with E-state index in [4.69, 9.17) is 0 Å². The normalized spacial score (nSPS) is 14.9. The Bertz CT molecular complexity index is 645. The van der Waals surface area contributed by atoms with E-state index in [0.717, 1.165) is 35.3 Å². The van der Waals surface area contributed by atoms with Gasteiger partial charge in [-0.1, -0.05) is 11.3 Å². The molecule has 22 heavy (non-hydrogen) atoms. The minimum Gasteiger partial charge on any atom is -0.356 e. The van der Waals surface area contributed by atoms with Crippen molar-refractivity contribution in [2.45, 2.75) is 38.0 Å². The average molecular weight is 322 g/mol. The van der Waals surface area contributed by atoms with Crippen LogP contribution in [0.2, 0.25) is 0 Å². The van der Waals surface area contributed by atoms with E-state index in [1.807, 2.05) is 18.6 Å². The summed E-state index contributed by atoms with van der Waals surface area (Å²) in [6.45, 7) is 1.72. The molecular formula is C14H22N6OS. The van der Waals surface area contributed by atoms with Crippen LogP contribution in [0.5, 0.6) is 0 Å². The first-order valence-electron chi connectivity index (χ1n) is 7.76. The van der Waals surface area contributed by atoms with Crippen molar-refractivity contribution in [2.24, 2.45) is 0 Å². The predicted molar refractivity (Wildman–Crippen MR) is 85.1 cm³/mol. The minimum absolute atomic E-state index is 0.0899. The van der Waals surface area contributed by atoms with E-state index in [9.17, 15) is 4.79 Å². The topological polar surface area (TPSA) is 75.4 Å². The minimum atomic E-state index is 0.0899. The lowest BCUT2D eigenvalue weighted by molar-refractivity contribution is -0.121. The lowest BCUT2D eigenvalue weighted by atomic mass is 10.3. The molecule has 0 unspecified atom stereocenters. The number of nitrogens with zero attached hydrogens (tertiary/aromatic N) is 5. The second kappa shape index (κ2) is 6.70. The molecule has 0 bridgehead atoms. The highest BCUT2D eigenvalue weighted by Crippen LogP contribution is 2.39. The zero-order valence-corrected chi connectivity index (χ0v) is 13.9. The fourth-order valence-corrected chi connectivity index (χ4v) is 3.14. The van der Waals surface area contributed by atoms with Crippen molar-refractivity contribution >= 4 is 22.2 Å². The maximum absolute atomic E-state index is 11.8. The van der Waals surface area contributed by atoms with Crippen LogP contribution in [0.15, 0.2) is 0 Å². The van der Waals surface area contributed by atoms with Crippen molar-refractivity contribution in [1.29, 1.82) is 0 Å². The molecular weight excluding hydrogens is 300 g/mol. The van der Waals surface area contributed by atoms with Crippen molar-refractivity contribution in [3.05, 3.63) is 10.8 Å². The number of nitrogens with one attached hydrogen (secondary N) is 1. The number of carbonyl (C=O) groups excluding carboxylic acids is 1. The molecule has 1 saturated carbocycles. The highest BCUT2D eigenvalue weighted by molar-refractivity contribution is 7.16. The largest absolute Gasteiger partial charge is 0.356 e. The van der Waals surface area contributed by atoms with Gasteiger partial charge in [0.1, 0.15) is 5.01 Å². The first kappa shape index (κ1) is 15.4. The van der Waals surface area contributed by atoms with Gasteiger partial charge in [-0.3, -0.25) is 4.79 Å². The molecule has 1 amide bonds. The lowest BCUT2D eigenvalue weighted by Gasteiger charge is -2.09. The molecule has 2 aromatic heterocycles. The van der Waals surface area contributed by atoms with Crippen molar-refractivity contribution in [1.82, 2.24) is 30.0 Å². The predicted octanol–water partition coefficient (Wildman–Crippen LogP) is 1.06. The SMILES string of the molecule is CN(C)CCCNC(=O)CCc1nn2c(C3CC3)nnc2s1. The van der Waals surface area contributed by atoms with Gasteiger partial charge in [0.25, 0.3) is 0 Å². The summed E-state index contributed by atoms with van der Waals surface area (Å²) >= 11 is 1.53. The van der Waals surface area contributed by atoms with Gasteiger partial charge in [0.05, 0.1) is 0 Å². The fourth-order valence-electron chi connectivity index (χ4n) is 2.30. The maximum atomic E-state index is 11.8. The standard InChI is InChI=1S/C14H22N6OS/c1-19(2)9-3-8-15-11(21)6-7-12-18-20-13(10-4-5-10)16-17-14(20)22-12/h10H,3-9H2,1-2H3,(H,15,21). The Morgan fingerprint density at radius 1 is 1.41 bits per heavy atom. The number of carbonyl (C=O) groups is 1. The number of hydrogen-bond donors (Lipinski definition) is 1. The molecule has 2 heterocycles. The number of amides is 1. The first-order chi connectivity index (χ1) is 10.6. The second-order valence-electron chi connectivity index (χ2n) is 6.03. The molecule has 1 N–H and O–H groups in total. The van der Waals surface area contributed by atoms with Crippen LogP contribution < -0.4 is 5.32 Å². The molecule has 7 nitrogen and oxygen atoms in total. The van der Waals surface area contributed by atoms with Gasteiger partial charge in [-0.05, 0) is 39.9 Å². The van der Waals surface area contributed by atoms with E-state index >= 15 is 0 Å². The van der Waals surface area contributed by atoms with E-state index in [1.54, 1.807) is 0 Å². The van der Waals surface area contributed by atoms with Crippen LogP contribution in [0.25, 0.3) is 4.96 Å². The summed E-state index contributed by atoms with van der Waals surface area (Å²) < 4.78 is 1.85. The van der Waals surface area contributed by atoms with Gasteiger partial charge in [0, 0.05) is 25.3 Å². The molecule has 8 heteroatoms. The Balaban J connectivity index is 1.46. The molecule has 0 radical (unpaired) electrons. The Hall–Kier alpha value is -1.54. The third-order valence-electron chi connectivity index (χ3n) is 3.67. The monoisotopic (exact) mass is 322 g/mol. The van der Waals surface area contributed by atoms with E-state index < -0.39 is 0 Å². The summed E-state index contributed by atoms with van der Waals surface area (Å²) in [5.74, 6) is 1.60. The maximum Gasteiger partial charge on any atom is 0.234 e. The van der Waals surface area contributed by atoms with Gasteiger partial charge < -0.3 is 10.2 Å². The summed E-state index contributed by atoms with van der Waals surface area (Å²) in [5, 5.41) is 16.8. The Morgan fingerprint density at radius 2 is 2.23 bits per heavy atom. The summed E-state index contributed by atoms with van der Waals surface area (Å²) in [6.07, 6.45) is 4.48. The van der Waals surface area contributed by atoms with Crippen LogP contribution in [0.4, 0.5) is 0 Å². The summed E-state index contributed by atoms with van der Waals surface area (Å²) in [5.41, 5.74) is 0. The lowest BCUT2D eigenvalue weighted by Crippen LogP contribution is -2.27. The molecule has 0 aromatic carbocycles. The van der Waals surface area contributed by atoms with Gasteiger partial charge in [-0.15, -0.1) is 10.2 Å². The Morgan fingerprint density at radius 3 is 2.95 bits per heavy atom. The van der Waals surface area contributed by atoms with E-state index in [1.165, 1.54) is 24.2 Å². The fraction of sp³-hybridized carbons (Fsp3) is 0.714. The quantitative estimate of drug-likeness (QED) is 0.736. The number of rotatable bonds is 8. The molecule has 0 atom stereocenters. The van der Waals surface area contributed by atoms with Crippen molar-refractivity contribution in [3.8, 4) is 0 Å². The van der Waals surface area contributed by atoms with Gasteiger partial charge in [0.2, 0.25) is 10.9 Å². The van der Waals surface area contributed by atoms with Crippen LogP contribution in [-0.4, -0.2) is 57.8 Å². The molecule has 1 aliphatic carbocycles. The molecule has 0 saturated heterocycles. The zero-order chi connectivity index (χ0) is 15.5. The van der Waals surface area contributed by atoms with Crippen molar-refractivity contribution in [2.75, 3.05) is 27.2 Å². The Kier molecular flexibility index (Phi) is 4.68. The highest BCUT2D eigenvalue weighted by atomic mass is 32.1. The van der Waals surface area contributed by atoms with Crippen LogP contribution >= 0.6 is 11.3 Å². The van der Waals surface area contributed by atoms with Gasteiger partial charge in [-0.2, -0.15) is 9.61 Å². The average Bonchev–Trinajstić information content (AvgIpc) is 3.11. The van der Waals surface area contributed by atoms with Crippen molar-refractivity contribution in [3.63, 3.8) is 0 Å².